The lowest BCUT2D eigenvalue weighted by Gasteiger charge is -2.33. The lowest BCUT2D eigenvalue weighted by atomic mass is 9.95. The average Bonchev–Trinajstić information content (AvgIpc) is 3.27. The summed E-state index contributed by atoms with van der Waals surface area (Å²) in [4.78, 5) is 16.8. The molecule has 0 saturated carbocycles. The van der Waals surface area contributed by atoms with E-state index in [-0.39, 0.29) is 5.92 Å². The van der Waals surface area contributed by atoms with Crippen LogP contribution in [0.25, 0.3) is 11.6 Å². The van der Waals surface area contributed by atoms with Crippen LogP contribution in [0.1, 0.15) is 26.7 Å². The molecule has 1 saturated heterocycles. The van der Waals surface area contributed by atoms with Gasteiger partial charge in [-0.05, 0) is 51.0 Å². The van der Waals surface area contributed by atoms with Crippen LogP contribution in [-0.2, 0) is 18.5 Å². The van der Waals surface area contributed by atoms with Gasteiger partial charge in [-0.2, -0.15) is 0 Å². The minimum absolute atomic E-state index is 0.140. The Hall–Kier alpha value is -1.93. The zero-order valence-electron chi connectivity index (χ0n) is 15.7. The highest BCUT2D eigenvalue weighted by Crippen LogP contribution is 2.21. The van der Waals surface area contributed by atoms with Gasteiger partial charge in [-0.25, -0.2) is 4.68 Å². The second kappa shape index (κ2) is 8.18. The molecule has 0 N–H and O–H groups in total. The molecule has 0 radical (unpaired) electrons. The molecule has 1 fully saturated rings. The van der Waals surface area contributed by atoms with Crippen LogP contribution in [0.2, 0.25) is 0 Å². The first kappa shape index (κ1) is 18.8. The van der Waals surface area contributed by atoms with Crippen molar-refractivity contribution in [2.75, 3.05) is 26.2 Å². The second-order valence-corrected chi connectivity index (χ2v) is 7.05. The van der Waals surface area contributed by atoms with Gasteiger partial charge in [0.25, 0.3) is 0 Å². The van der Waals surface area contributed by atoms with E-state index in [2.05, 4.69) is 10.00 Å². The molecule has 1 aliphatic heterocycles. The number of hydrogen-bond acceptors (Lipinski definition) is 5. The van der Waals surface area contributed by atoms with E-state index in [1.54, 1.807) is 6.26 Å². The van der Waals surface area contributed by atoms with E-state index in [1.807, 2.05) is 47.2 Å². The summed E-state index contributed by atoms with van der Waals surface area (Å²) in [5.74, 6) is 1.87. The molecule has 2 aromatic heterocycles. The number of furan rings is 1. The fourth-order valence-electron chi connectivity index (χ4n) is 3.50. The number of amides is 1. The smallest absolute Gasteiger partial charge is 0.225 e. The zero-order chi connectivity index (χ0) is 18.7. The quantitative estimate of drug-likeness (QED) is 0.725. The van der Waals surface area contributed by atoms with Gasteiger partial charge in [0.15, 0.2) is 16.4 Å². The van der Waals surface area contributed by atoms with Gasteiger partial charge in [0, 0.05) is 39.1 Å². The summed E-state index contributed by atoms with van der Waals surface area (Å²) in [6.45, 7) is 8.05. The molecule has 0 unspecified atom stereocenters. The molecule has 3 rings (SSSR count). The first-order valence-corrected chi connectivity index (χ1v) is 9.64. The lowest BCUT2D eigenvalue weighted by molar-refractivity contribution is -0.136. The minimum Gasteiger partial charge on any atom is -0.461 e. The predicted molar refractivity (Wildman–Crippen MR) is 102 cm³/mol. The molecule has 0 aliphatic carbocycles. The van der Waals surface area contributed by atoms with Crippen LogP contribution in [0.15, 0.2) is 22.8 Å². The van der Waals surface area contributed by atoms with Gasteiger partial charge >= 0.3 is 0 Å². The minimum atomic E-state index is 0.140. The van der Waals surface area contributed by atoms with Gasteiger partial charge in [-0.1, -0.05) is 0 Å². The highest BCUT2D eigenvalue weighted by molar-refractivity contribution is 7.71. The fourth-order valence-corrected chi connectivity index (χ4v) is 3.69. The van der Waals surface area contributed by atoms with E-state index in [9.17, 15) is 4.79 Å². The Morgan fingerprint density at radius 2 is 2.04 bits per heavy atom. The molecule has 3 heterocycles. The van der Waals surface area contributed by atoms with Crippen LogP contribution in [0, 0.1) is 10.7 Å². The van der Waals surface area contributed by atoms with Crippen LogP contribution in [-0.4, -0.2) is 56.2 Å². The molecule has 0 bridgehead atoms. The number of rotatable bonds is 6. The van der Waals surface area contributed by atoms with Crippen molar-refractivity contribution in [3.63, 3.8) is 0 Å². The van der Waals surface area contributed by atoms with E-state index in [0.29, 0.717) is 23.1 Å². The number of hydrogen-bond donors (Lipinski definition) is 0. The van der Waals surface area contributed by atoms with E-state index < -0.39 is 0 Å². The summed E-state index contributed by atoms with van der Waals surface area (Å²) < 4.78 is 9.81. The first-order valence-electron chi connectivity index (χ1n) is 9.24. The van der Waals surface area contributed by atoms with Crippen molar-refractivity contribution in [3.05, 3.63) is 23.2 Å². The van der Waals surface area contributed by atoms with Crippen LogP contribution in [0.3, 0.4) is 0 Å². The number of likely N-dealkylation sites (tertiary alicyclic amines) is 1. The highest BCUT2D eigenvalue weighted by atomic mass is 32.1. The van der Waals surface area contributed by atoms with E-state index in [4.69, 9.17) is 16.6 Å². The Labute approximate surface area is 159 Å². The first-order chi connectivity index (χ1) is 12.5. The Balaban J connectivity index is 1.63. The Kier molecular flexibility index (Phi) is 5.93. The normalized spacial score (nSPS) is 16.1. The second-order valence-electron chi connectivity index (χ2n) is 6.69. The summed E-state index contributed by atoms with van der Waals surface area (Å²) >= 11 is 5.52. The molecular weight excluding hydrogens is 350 g/mol. The van der Waals surface area contributed by atoms with Crippen molar-refractivity contribution in [3.8, 4) is 11.6 Å². The van der Waals surface area contributed by atoms with Crippen molar-refractivity contribution in [1.29, 1.82) is 0 Å². The zero-order valence-corrected chi connectivity index (χ0v) is 16.5. The molecule has 1 aliphatic rings. The molecule has 26 heavy (non-hydrogen) atoms. The molecule has 1 amide bonds. The van der Waals surface area contributed by atoms with Gasteiger partial charge in [0.1, 0.15) is 0 Å². The van der Waals surface area contributed by atoms with Gasteiger partial charge < -0.3 is 13.9 Å². The Morgan fingerprint density at radius 3 is 2.62 bits per heavy atom. The third kappa shape index (κ3) is 3.76. The number of carbonyl (C=O) groups is 1. The molecule has 0 spiro atoms. The molecule has 0 aromatic carbocycles. The average molecular weight is 378 g/mol. The molecule has 2 aromatic rings. The summed E-state index contributed by atoms with van der Waals surface area (Å²) in [7, 11) is 1.90. The third-order valence-corrected chi connectivity index (χ3v) is 5.61. The number of piperidine rings is 1. The maximum Gasteiger partial charge on any atom is 0.225 e. The van der Waals surface area contributed by atoms with Crippen molar-refractivity contribution in [1.82, 2.24) is 24.1 Å². The Morgan fingerprint density at radius 1 is 1.35 bits per heavy atom. The molecule has 7 nitrogen and oxygen atoms in total. The lowest BCUT2D eigenvalue weighted by Crippen LogP contribution is -2.43. The number of aromatic nitrogens is 3. The maximum absolute atomic E-state index is 12.5. The van der Waals surface area contributed by atoms with Gasteiger partial charge in [-0.3, -0.25) is 9.69 Å². The van der Waals surface area contributed by atoms with E-state index in [1.165, 1.54) is 0 Å². The number of carbonyl (C=O) groups excluding carboxylic acids is 1. The molecular formula is C18H27N5O2S. The van der Waals surface area contributed by atoms with Crippen molar-refractivity contribution < 1.29 is 9.21 Å². The maximum atomic E-state index is 12.5. The van der Waals surface area contributed by atoms with Crippen molar-refractivity contribution >= 4 is 18.1 Å². The third-order valence-electron chi connectivity index (χ3n) is 5.13. The summed E-state index contributed by atoms with van der Waals surface area (Å²) in [6.07, 6.45) is 3.41. The molecule has 8 heteroatoms. The van der Waals surface area contributed by atoms with Gasteiger partial charge in [-0.15, -0.1) is 5.10 Å². The number of nitrogens with zero attached hydrogens (tertiary/aromatic N) is 5. The van der Waals surface area contributed by atoms with Gasteiger partial charge in [0.2, 0.25) is 5.91 Å². The van der Waals surface area contributed by atoms with Crippen molar-refractivity contribution in [2.24, 2.45) is 13.0 Å². The summed E-state index contributed by atoms with van der Waals surface area (Å²) in [6, 6.07) is 3.72. The van der Waals surface area contributed by atoms with Crippen LogP contribution in [0.4, 0.5) is 0 Å². The van der Waals surface area contributed by atoms with Crippen LogP contribution >= 0.6 is 12.2 Å². The predicted octanol–water partition coefficient (Wildman–Crippen LogP) is 2.75. The van der Waals surface area contributed by atoms with Crippen LogP contribution in [0.5, 0.6) is 0 Å². The standard InChI is InChI=1S/C18H27N5O2S/c1-4-22(5-2)17(24)14-8-10-21(11-9-14)13-23-18(26)20(3)16(19-23)15-7-6-12-25-15/h6-7,12,14H,4-5,8-11,13H2,1-3H3. The van der Waals surface area contributed by atoms with Gasteiger partial charge in [0.05, 0.1) is 12.9 Å². The topological polar surface area (TPSA) is 59.4 Å². The molecule has 142 valence electrons. The van der Waals surface area contributed by atoms with Crippen LogP contribution < -0.4 is 0 Å². The monoisotopic (exact) mass is 377 g/mol. The van der Waals surface area contributed by atoms with Crippen molar-refractivity contribution in [2.45, 2.75) is 33.4 Å². The van der Waals surface area contributed by atoms with E-state index in [0.717, 1.165) is 44.8 Å². The molecule has 0 atom stereocenters. The highest BCUT2D eigenvalue weighted by Gasteiger charge is 2.28. The summed E-state index contributed by atoms with van der Waals surface area (Å²) in [5.41, 5.74) is 0. The Bertz CT molecular complexity index is 783. The van der Waals surface area contributed by atoms with E-state index >= 15 is 0 Å². The fraction of sp³-hybridized carbons (Fsp3) is 0.611. The largest absolute Gasteiger partial charge is 0.461 e. The SMILES string of the molecule is CCN(CC)C(=O)C1CCN(Cn2nc(-c3ccco3)n(C)c2=S)CC1. The summed E-state index contributed by atoms with van der Waals surface area (Å²) in [5, 5.41) is 4.62.